The Morgan fingerprint density at radius 3 is 2.25 bits per heavy atom. The summed E-state index contributed by atoms with van der Waals surface area (Å²) in [5, 5.41) is 4.58. The van der Waals surface area contributed by atoms with Crippen LogP contribution in [-0.4, -0.2) is 43.9 Å². The van der Waals surface area contributed by atoms with Gasteiger partial charge in [0.25, 0.3) is 0 Å². The summed E-state index contributed by atoms with van der Waals surface area (Å²) in [6.45, 7) is 5.25. The third-order valence-corrected chi connectivity index (χ3v) is 4.13. The first-order chi connectivity index (χ1) is 13.3. The molecule has 0 bridgehead atoms. The van der Waals surface area contributed by atoms with E-state index < -0.39 is 0 Å². The molecule has 0 saturated carbocycles. The van der Waals surface area contributed by atoms with Crippen LogP contribution in [0, 0.1) is 0 Å². The van der Waals surface area contributed by atoms with Gasteiger partial charge in [0.15, 0.2) is 0 Å². The molecule has 2 rings (SSSR count). The molecule has 0 unspecified atom stereocenters. The average Bonchev–Trinajstić information content (AvgIpc) is 2.67. The standard InChI is InChI=1S/C21H28N3S2.O.Tc/c1-21(2,26)15-22-14-18-13-17(7-10-20(18)23-11-12-25)16-5-8-19(9-6-16)24(3)4;;/h5-10,13-14H,11-12,15H2,1-4H3,(H2-,22,23,25,26);;/q-1;;+2/p-2. The Kier molecular flexibility index (Phi) is 11.1. The Hall–Kier alpha value is -1.14. The maximum atomic E-state index is 8.22. The Labute approximate surface area is 190 Å². The summed E-state index contributed by atoms with van der Waals surface area (Å²) in [6.07, 6.45) is 1.88. The molecular formula is C21H26N3OS2Tc-. The zero-order valence-electron chi connectivity index (χ0n) is 16.7. The van der Waals surface area contributed by atoms with Crippen molar-refractivity contribution < 1.29 is 22.4 Å². The number of hydrogen-bond donors (Lipinski definition) is 0. The van der Waals surface area contributed by atoms with E-state index in [1.807, 2.05) is 40.2 Å². The quantitative estimate of drug-likeness (QED) is 0.395. The summed E-state index contributed by atoms with van der Waals surface area (Å²) in [7, 11) is 4.08. The zero-order chi connectivity index (χ0) is 21.2. The zero-order valence-corrected chi connectivity index (χ0v) is 20.2. The van der Waals surface area contributed by atoms with Crippen molar-refractivity contribution in [1.29, 1.82) is 0 Å². The van der Waals surface area contributed by atoms with E-state index in [-0.39, 0.29) is 4.75 Å². The molecule has 7 heteroatoms. The molecule has 0 fully saturated rings. The van der Waals surface area contributed by atoms with Gasteiger partial charge in [-0.15, -0.1) is 10.4 Å². The number of aliphatic imine (C=N–C) groups is 1. The van der Waals surface area contributed by atoms with Crippen molar-refractivity contribution in [2.75, 3.05) is 37.8 Å². The van der Waals surface area contributed by atoms with Crippen LogP contribution in [0.4, 0.5) is 11.4 Å². The first kappa shape index (κ1) is 24.9. The van der Waals surface area contributed by atoms with E-state index in [2.05, 4.69) is 51.6 Å². The molecule has 0 amide bonds. The predicted octanol–water partition coefficient (Wildman–Crippen LogP) is 4.59. The van der Waals surface area contributed by atoms with E-state index in [9.17, 15) is 0 Å². The van der Waals surface area contributed by atoms with E-state index in [0.29, 0.717) is 18.8 Å². The van der Waals surface area contributed by atoms with E-state index >= 15 is 0 Å². The van der Waals surface area contributed by atoms with Crippen LogP contribution in [0.2, 0.25) is 0 Å². The summed E-state index contributed by atoms with van der Waals surface area (Å²) in [5.41, 5.74) is 5.42. The van der Waals surface area contributed by atoms with Crippen LogP contribution >= 0.6 is 0 Å². The maximum absolute atomic E-state index is 8.22. The Balaban J connectivity index is 0.00000190. The first-order valence-electron chi connectivity index (χ1n) is 8.83. The second-order valence-corrected chi connectivity index (χ2v) is 8.54. The van der Waals surface area contributed by atoms with Gasteiger partial charge in [-0.2, -0.15) is 12.3 Å². The second kappa shape index (κ2) is 12.4. The molecule has 0 radical (unpaired) electrons. The molecule has 0 heterocycles. The molecule has 0 aliphatic heterocycles. The van der Waals surface area contributed by atoms with Crippen LogP contribution in [0.5, 0.6) is 0 Å². The third kappa shape index (κ3) is 8.48. The molecule has 0 saturated heterocycles. The minimum atomic E-state index is -0.242. The first-order valence-corrected chi connectivity index (χ1v) is 10.6. The van der Waals surface area contributed by atoms with E-state index in [1.165, 1.54) is 11.3 Å². The number of benzene rings is 2. The molecule has 0 aliphatic rings. The van der Waals surface area contributed by atoms with Crippen molar-refractivity contribution in [3.8, 4) is 11.1 Å². The van der Waals surface area contributed by atoms with Crippen molar-refractivity contribution in [2.24, 2.45) is 4.99 Å². The Morgan fingerprint density at radius 2 is 1.71 bits per heavy atom. The Morgan fingerprint density at radius 1 is 1.11 bits per heavy atom. The Bertz CT molecular complexity index is 759. The SMILES string of the molecule is CN(C)c1ccc(-c2ccc([N-]CC[S-])c(C=NCC(C)(C)[S-])c2)cc1.[O]=[Tc+2]. The van der Waals surface area contributed by atoms with E-state index in [0.717, 1.165) is 35.7 Å². The van der Waals surface area contributed by atoms with E-state index in [1.54, 1.807) is 0 Å². The van der Waals surface area contributed by atoms with Gasteiger partial charge in [0.2, 0.25) is 0 Å². The monoisotopic (exact) mass is 497 g/mol. The molecule has 2 aromatic rings. The van der Waals surface area contributed by atoms with Gasteiger partial charge in [0.05, 0.1) is 0 Å². The van der Waals surface area contributed by atoms with Crippen molar-refractivity contribution in [2.45, 2.75) is 18.6 Å². The molecule has 2 aromatic carbocycles. The number of nitrogens with zero attached hydrogens (tertiary/aromatic N) is 3. The molecule has 0 spiro atoms. The van der Waals surface area contributed by atoms with Gasteiger partial charge in [-0.25, -0.2) is 0 Å². The van der Waals surface area contributed by atoms with Gasteiger partial charge in [0, 0.05) is 32.5 Å². The van der Waals surface area contributed by atoms with Crippen LogP contribution < -0.4 is 4.90 Å². The van der Waals surface area contributed by atoms with Gasteiger partial charge >= 0.3 is 22.4 Å². The summed E-state index contributed by atoms with van der Waals surface area (Å²) >= 11 is 11.3. The molecule has 0 N–H and O–H groups in total. The van der Waals surface area contributed by atoms with Crippen LogP contribution in [0.1, 0.15) is 19.4 Å². The van der Waals surface area contributed by atoms with Gasteiger partial charge in [-0.1, -0.05) is 38.1 Å². The fraction of sp³-hybridized carbons (Fsp3) is 0.381. The van der Waals surface area contributed by atoms with Crippen LogP contribution in [0.25, 0.3) is 16.4 Å². The molecule has 0 aliphatic carbocycles. The molecule has 4 nitrogen and oxygen atoms in total. The van der Waals surface area contributed by atoms with Gasteiger partial charge in [-0.05, 0) is 34.9 Å². The van der Waals surface area contributed by atoms with Crippen LogP contribution in [-0.2, 0) is 47.6 Å². The third-order valence-electron chi connectivity index (χ3n) is 3.82. The summed E-state index contributed by atoms with van der Waals surface area (Å²) in [4.78, 5) is 6.62. The van der Waals surface area contributed by atoms with Gasteiger partial charge in [0.1, 0.15) is 0 Å². The number of rotatable bonds is 8. The fourth-order valence-electron chi connectivity index (χ4n) is 2.46. The molecular weight excluding hydrogens is 472 g/mol. The van der Waals surface area contributed by atoms with Crippen molar-refractivity contribution in [3.63, 3.8) is 0 Å². The van der Waals surface area contributed by atoms with Crippen molar-refractivity contribution in [3.05, 3.63) is 53.3 Å². The van der Waals surface area contributed by atoms with Crippen molar-refractivity contribution >= 4 is 42.8 Å². The molecule has 0 aromatic heterocycles. The minimum absolute atomic E-state index is 0.242. The number of hydrogen-bond acceptors (Lipinski definition) is 5. The summed E-state index contributed by atoms with van der Waals surface area (Å²) in [5.74, 6) is 0.615. The number of anilines is 1. The fourth-order valence-corrected chi connectivity index (χ4v) is 2.63. The molecule has 28 heavy (non-hydrogen) atoms. The molecule has 0 atom stereocenters. The topological polar surface area (TPSA) is 46.8 Å². The summed E-state index contributed by atoms with van der Waals surface area (Å²) < 4.78 is 7.98. The predicted molar refractivity (Wildman–Crippen MR) is 121 cm³/mol. The second-order valence-electron chi connectivity index (χ2n) is 7.03. The molecule has 151 valence electrons. The summed E-state index contributed by atoms with van der Waals surface area (Å²) in [6, 6.07) is 14.8. The van der Waals surface area contributed by atoms with Crippen molar-refractivity contribution in [1.82, 2.24) is 0 Å². The normalized spacial score (nSPS) is 11.0. The van der Waals surface area contributed by atoms with Crippen LogP contribution in [0.3, 0.4) is 0 Å². The van der Waals surface area contributed by atoms with Crippen LogP contribution in [0.15, 0.2) is 47.5 Å². The average molecular weight is 499 g/mol. The van der Waals surface area contributed by atoms with Gasteiger partial charge < -0.3 is 35.5 Å². The van der Waals surface area contributed by atoms with Gasteiger partial charge in [-0.3, -0.25) is 4.99 Å². The van der Waals surface area contributed by atoms with E-state index in [4.69, 9.17) is 28.8 Å².